The number of fused-ring (bicyclic) bond motifs is 2. The molecule has 1 aromatic heterocycles. The Hall–Kier alpha value is -2.95. The number of benzene rings is 1. The third kappa shape index (κ3) is 4.94. The average Bonchev–Trinajstić information content (AvgIpc) is 3.28. The van der Waals surface area contributed by atoms with E-state index < -0.39 is 21.3 Å². The summed E-state index contributed by atoms with van der Waals surface area (Å²) in [5, 5.41) is 2.89. The van der Waals surface area contributed by atoms with Crippen molar-refractivity contribution in [1.29, 1.82) is 0 Å². The predicted molar refractivity (Wildman–Crippen MR) is 123 cm³/mol. The fourth-order valence-corrected chi connectivity index (χ4v) is 5.07. The first-order valence-electron chi connectivity index (χ1n) is 11.1. The molecule has 0 spiro atoms. The highest BCUT2D eigenvalue weighted by molar-refractivity contribution is 7.90. The largest absolute Gasteiger partial charge is 0.472 e. The van der Waals surface area contributed by atoms with Gasteiger partial charge in [-0.05, 0) is 58.7 Å². The van der Waals surface area contributed by atoms with Gasteiger partial charge in [0.15, 0.2) is 9.84 Å². The molecule has 3 heterocycles. The van der Waals surface area contributed by atoms with E-state index >= 15 is 0 Å². The number of nitrogens with one attached hydrogen (secondary N) is 1. The van der Waals surface area contributed by atoms with Gasteiger partial charge in [0.1, 0.15) is 29.7 Å². The molecular weight excluding hydrogens is 463 g/mol. The van der Waals surface area contributed by atoms with E-state index in [0.29, 0.717) is 23.7 Å². The number of anilines is 2. The molecule has 2 unspecified atom stereocenters. The first-order chi connectivity index (χ1) is 15.8. The molecule has 2 aliphatic rings. The summed E-state index contributed by atoms with van der Waals surface area (Å²) in [5.74, 6) is -0.0416. The van der Waals surface area contributed by atoms with Crippen molar-refractivity contribution in [3.63, 3.8) is 0 Å². The van der Waals surface area contributed by atoms with Gasteiger partial charge in [-0.15, -0.1) is 0 Å². The molecule has 2 saturated heterocycles. The zero-order chi connectivity index (χ0) is 24.8. The number of sulfone groups is 1. The standard InChI is InChI=1S/C23H29FN4O5S/c1-13-20(27-17-8-7-15(11-16(17)24)34(5,30)31)25-12-26-21(13)32-19-10-14-6-9-18(19)28(14)22(29)33-23(2,3)4/h7-8,11-12,14,18-19H,6,9-10H2,1-5H3,(H,25,26,27)/t14?,18?,19-/m1/s1. The summed E-state index contributed by atoms with van der Waals surface area (Å²) in [7, 11) is -3.52. The van der Waals surface area contributed by atoms with Crippen molar-refractivity contribution >= 4 is 27.4 Å². The maximum atomic E-state index is 14.5. The molecule has 11 heteroatoms. The van der Waals surface area contributed by atoms with Crippen LogP contribution in [0.3, 0.4) is 0 Å². The first-order valence-corrected chi connectivity index (χ1v) is 13.0. The van der Waals surface area contributed by atoms with Crippen molar-refractivity contribution in [3.8, 4) is 5.88 Å². The van der Waals surface area contributed by atoms with Crippen LogP contribution in [-0.2, 0) is 14.6 Å². The third-order valence-electron chi connectivity index (χ3n) is 6.01. The van der Waals surface area contributed by atoms with Crippen LogP contribution in [0.5, 0.6) is 5.88 Å². The number of amides is 1. The summed E-state index contributed by atoms with van der Waals surface area (Å²) in [6, 6.07) is 3.60. The molecule has 0 aliphatic carbocycles. The average molecular weight is 493 g/mol. The Kier molecular flexibility index (Phi) is 6.17. The molecule has 1 N–H and O–H groups in total. The van der Waals surface area contributed by atoms with Crippen LogP contribution in [0.1, 0.15) is 45.6 Å². The lowest BCUT2D eigenvalue weighted by Gasteiger charge is -2.28. The summed E-state index contributed by atoms with van der Waals surface area (Å²) in [6.07, 6.45) is 4.17. The Labute approximate surface area is 198 Å². The fourth-order valence-electron chi connectivity index (χ4n) is 4.44. The van der Waals surface area contributed by atoms with Crippen molar-refractivity contribution in [1.82, 2.24) is 14.9 Å². The fraction of sp³-hybridized carbons (Fsp3) is 0.522. The zero-order valence-electron chi connectivity index (χ0n) is 19.8. The van der Waals surface area contributed by atoms with Crippen LogP contribution >= 0.6 is 0 Å². The number of halogens is 1. The van der Waals surface area contributed by atoms with Gasteiger partial charge in [0.25, 0.3) is 0 Å². The van der Waals surface area contributed by atoms with Crippen LogP contribution in [0.4, 0.5) is 20.7 Å². The van der Waals surface area contributed by atoms with Crippen molar-refractivity contribution in [2.75, 3.05) is 11.6 Å². The third-order valence-corrected chi connectivity index (χ3v) is 7.12. The van der Waals surface area contributed by atoms with Gasteiger partial charge in [0.05, 0.1) is 22.2 Å². The molecule has 9 nitrogen and oxygen atoms in total. The van der Waals surface area contributed by atoms with Gasteiger partial charge < -0.3 is 14.8 Å². The number of nitrogens with zero attached hydrogens (tertiary/aromatic N) is 3. The van der Waals surface area contributed by atoms with E-state index in [1.807, 2.05) is 20.8 Å². The molecule has 0 saturated carbocycles. The molecular formula is C23H29FN4O5S. The van der Waals surface area contributed by atoms with Gasteiger partial charge >= 0.3 is 6.09 Å². The van der Waals surface area contributed by atoms with Crippen LogP contribution in [-0.4, -0.2) is 59.4 Å². The molecule has 2 aliphatic heterocycles. The van der Waals surface area contributed by atoms with Gasteiger partial charge in [-0.3, -0.25) is 4.90 Å². The molecule has 1 aromatic carbocycles. The van der Waals surface area contributed by atoms with Crippen LogP contribution in [0.15, 0.2) is 29.4 Å². The topological polar surface area (TPSA) is 111 Å². The molecule has 34 heavy (non-hydrogen) atoms. The highest BCUT2D eigenvalue weighted by Gasteiger charge is 2.51. The minimum Gasteiger partial charge on any atom is -0.472 e. The minimum absolute atomic E-state index is 0.0621. The molecule has 2 bridgehead atoms. The van der Waals surface area contributed by atoms with Crippen molar-refractivity contribution in [3.05, 3.63) is 35.9 Å². The van der Waals surface area contributed by atoms with E-state index in [0.717, 1.165) is 25.2 Å². The lowest BCUT2D eigenvalue weighted by atomic mass is 9.98. The second-order valence-electron chi connectivity index (χ2n) is 9.77. The van der Waals surface area contributed by atoms with E-state index in [1.54, 1.807) is 11.8 Å². The predicted octanol–water partition coefficient (Wildman–Crippen LogP) is 3.99. The molecule has 0 radical (unpaired) electrons. The molecule has 4 rings (SSSR count). The van der Waals surface area contributed by atoms with E-state index in [-0.39, 0.29) is 34.9 Å². The monoisotopic (exact) mass is 492 g/mol. The highest BCUT2D eigenvalue weighted by atomic mass is 32.2. The Morgan fingerprint density at radius 1 is 1.24 bits per heavy atom. The molecule has 2 fully saturated rings. The normalized spacial score (nSPS) is 22.1. The summed E-state index contributed by atoms with van der Waals surface area (Å²) in [5.41, 5.74) is 0.0745. The summed E-state index contributed by atoms with van der Waals surface area (Å²) in [6.45, 7) is 7.27. The van der Waals surface area contributed by atoms with Gasteiger partial charge in [-0.1, -0.05) is 0 Å². The quantitative estimate of drug-likeness (QED) is 0.667. The number of aromatic nitrogens is 2. The maximum absolute atomic E-state index is 14.5. The van der Waals surface area contributed by atoms with E-state index in [4.69, 9.17) is 9.47 Å². The lowest BCUT2D eigenvalue weighted by Crippen LogP contribution is -2.42. The Morgan fingerprint density at radius 3 is 2.62 bits per heavy atom. The van der Waals surface area contributed by atoms with Crippen molar-refractivity contribution < 1.29 is 27.1 Å². The van der Waals surface area contributed by atoms with Crippen LogP contribution in [0, 0.1) is 12.7 Å². The van der Waals surface area contributed by atoms with Crippen LogP contribution in [0.2, 0.25) is 0 Å². The molecule has 184 valence electrons. The zero-order valence-corrected chi connectivity index (χ0v) is 20.6. The van der Waals surface area contributed by atoms with Gasteiger partial charge in [0, 0.05) is 18.7 Å². The number of carbonyl (C=O) groups is 1. The van der Waals surface area contributed by atoms with Crippen molar-refractivity contribution in [2.24, 2.45) is 0 Å². The van der Waals surface area contributed by atoms with E-state index in [2.05, 4.69) is 15.3 Å². The van der Waals surface area contributed by atoms with Gasteiger partial charge in [-0.2, -0.15) is 0 Å². The summed E-state index contributed by atoms with van der Waals surface area (Å²) in [4.78, 5) is 22.8. The second kappa shape index (κ2) is 8.68. The van der Waals surface area contributed by atoms with E-state index in [1.165, 1.54) is 18.5 Å². The van der Waals surface area contributed by atoms with Gasteiger partial charge in [-0.25, -0.2) is 27.6 Å². The Morgan fingerprint density at radius 2 is 1.97 bits per heavy atom. The summed E-state index contributed by atoms with van der Waals surface area (Å²) < 4.78 is 49.6. The smallest absolute Gasteiger partial charge is 0.410 e. The first kappa shape index (κ1) is 24.2. The number of ether oxygens (including phenoxy) is 2. The lowest BCUT2D eigenvalue weighted by molar-refractivity contribution is 0.0180. The maximum Gasteiger partial charge on any atom is 0.410 e. The Bertz CT molecular complexity index is 1210. The number of rotatable bonds is 5. The highest BCUT2D eigenvalue weighted by Crippen LogP contribution is 2.41. The Balaban J connectivity index is 1.50. The van der Waals surface area contributed by atoms with Crippen LogP contribution in [0.25, 0.3) is 0 Å². The molecule has 1 amide bonds. The number of hydrogen-bond acceptors (Lipinski definition) is 8. The van der Waals surface area contributed by atoms with Gasteiger partial charge in [0.2, 0.25) is 5.88 Å². The SMILES string of the molecule is Cc1c(Nc2ccc(S(C)(=O)=O)cc2F)ncnc1O[C@@H]1CC2CCC1N2C(=O)OC(C)(C)C. The molecule has 3 atom stereocenters. The van der Waals surface area contributed by atoms with Crippen molar-refractivity contribution in [2.45, 2.75) is 75.6 Å². The minimum atomic E-state index is -3.52. The van der Waals surface area contributed by atoms with Crippen LogP contribution < -0.4 is 10.1 Å². The number of carbonyl (C=O) groups excluding carboxylic acids is 1. The molecule has 2 aromatic rings. The summed E-state index contributed by atoms with van der Waals surface area (Å²) >= 11 is 0. The van der Waals surface area contributed by atoms with E-state index in [9.17, 15) is 17.6 Å². The second-order valence-corrected chi connectivity index (χ2v) is 11.8. The number of hydrogen-bond donors (Lipinski definition) is 1.